The number of nitrogens with zero attached hydrogens (tertiary/aromatic N) is 4. The van der Waals surface area contributed by atoms with E-state index < -0.39 is 0 Å². The number of hydrogen-bond donors (Lipinski definition) is 0. The molecule has 1 saturated carbocycles. The Morgan fingerprint density at radius 1 is 1.26 bits per heavy atom. The van der Waals surface area contributed by atoms with Crippen LogP contribution in [0.5, 0.6) is 5.75 Å². The summed E-state index contributed by atoms with van der Waals surface area (Å²) >= 11 is 0. The first-order chi connectivity index (χ1) is 14.9. The number of carbonyl (C=O) groups excluding carboxylic acids is 1. The lowest BCUT2D eigenvalue weighted by Gasteiger charge is -2.18. The minimum atomic E-state index is 0.100. The lowest BCUT2D eigenvalue weighted by molar-refractivity contribution is -0.119. The predicted octanol–water partition coefficient (Wildman–Crippen LogP) is 4.84. The SMILES string of the molecule is CCOc1ccc(Cc2nc3cc(N(C)C(=O)CC(C)C)cnc3n2CC2CC2)cc1. The van der Waals surface area contributed by atoms with Crippen molar-refractivity contribution in [1.29, 1.82) is 0 Å². The van der Waals surface area contributed by atoms with Crippen molar-refractivity contribution in [2.45, 2.75) is 53.0 Å². The van der Waals surface area contributed by atoms with Crippen molar-refractivity contribution >= 4 is 22.8 Å². The molecule has 0 unspecified atom stereocenters. The maximum Gasteiger partial charge on any atom is 0.227 e. The van der Waals surface area contributed by atoms with Crippen molar-refractivity contribution in [3.8, 4) is 5.75 Å². The third kappa shape index (κ3) is 5.06. The van der Waals surface area contributed by atoms with Crippen LogP contribution in [0, 0.1) is 11.8 Å². The number of pyridine rings is 1. The van der Waals surface area contributed by atoms with Crippen molar-refractivity contribution in [3.05, 3.63) is 47.9 Å². The Kier molecular flexibility index (Phi) is 6.25. The number of anilines is 1. The molecule has 0 bridgehead atoms. The number of amides is 1. The van der Waals surface area contributed by atoms with Gasteiger partial charge in [0.2, 0.25) is 5.91 Å². The van der Waals surface area contributed by atoms with Crippen molar-refractivity contribution in [2.24, 2.45) is 11.8 Å². The molecular formula is C25H32N4O2. The predicted molar refractivity (Wildman–Crippen MR) is 124 cm³/mol. The molecule has 1 aliphatic carbocycles. The van der Waals surface area contributed by atoms with Crippen molar-refractivity contribution in [3.63, 3.8) is 0 Å². The minimum absolute atomic E-state index is 0.100. The van der Waals surface area contributed by atoms with Gasteiger partial charge in [0, 0.05) is 26.4 Å². The Morgan fingerprint density at radius 3 is 2.65 bits per heavy atom. The van der Waals surface area contributed by atoms with Crippen LogP contribution in [0.15, 0.2) is 36.5 Å². The summed E-state index contributed by atoms with van der Waals surface area (Å²) in [4.78, 5) is 23.9. The fourth-order valence-electron chi connectivity index (χ4n) is 3.80. The normalized spacial score (nSPS) is 13.7. The van der Waals surface area contributed by atoms with Crippen LogP contribution in [0.25, 0.3) is 11.2 Å². The Bertz CT molecular complexity index is 1050. The molecule has 2 aromatic heterocycles. The summed E-state index contributed by atoms with van der Waals surface area (Å²) < 4.78 is 7.83. The van der Waals surface area contributed by atoms with E-state index in [0.717, 1.165) is 41.4 Å². The van der Waals surface area contributed by atoms with Crippen LogP contribution in [0.2, 0.25) is 0 Å². The van der Waals surface area contributed by atoms with Gasteiger partial charge in [0.25, 0.3) is 0 Å². The third-order valence-corrected chi connectivity index (χ3v) is 5.73. The monoisotopic (exact) mass is 420 g/mol. The highest BCUT2D eigenvalue weighted by atomic mass is 16.5. The second-order valence-electron chi connectivity index (χ2n) is 8.92. The van der Waals surface area contributed by atoms with E-state index in [-0.39, 0.29) is 5.91 Å². The second-order valence-corrected chi connectivity index (χ2v) is 8.92. The average Bonchev–Trinajstić information content (AvgIpc) is 3.50. The fraction of sp³-hybridized carbons (Fsp3) is 0.480. The molecule has 4 rings (SSSR count). The van der Waals surface area contributed by atoms with Crippen LogP contribution in [-0.2, 0) is 17.8 Å². The molecule has 6 heteroatoms. The number of carbonyl (C=O) groups is 1. The van der Waals surface area contributed by atoms with E-state index in [2.05, 4.69) is 30.5 Å². The van der Waals surface area contributed by atoms with Gasteiger partial charge in [-0.15, -0.1) is 0 Å². The van der Waals surface area contributed by atoms with Crippen LogP contribution >= 0.6 is 0 Å². The molecular weight excluding hydrogens is 388 g/mol. The van der Waals surface area contributed by atoms with Gasteiger partial charge in [-0.25, -0.2) is 9.97 Å². The number of imidazole rings is 1. The number of fused-ring (bicyclic) bond motifs is 1. The smallest absolute Gasteiger partial charge is 0.227 e. The lowest BCUT2D eigenvalue weighted by atomic mass is 10.1. The van der Waals surface area contributed by atoms with Gasteiger partial charge in [0.05, 0.1) is 18.5 Å². The zero-order valence-electron chi connectivity index (χ0n) is 19.0. The van der Waals surface area contributed by atoms with Crippen LogP contribution in [0.3, 0.4) is 0 Å². The van der Waals surface area contributed by atoms with Gasteiger partial charge in [-0.2, -0.15) is 0 Å². The molecule has 1 aromatic carbocycles. The van der Waals surface area contributed by atoms with E-state index in [1.807, 2.05) is 32.2 Å². The molecule has 3 aromatic rings. The van der Waals surface area contributed by atoms with Crippen molar-refractivity contribution < 1.29 is 9.53 Å². The molecule has 31 heavy (non-hydrogen) atoms. The zero-order chi connectivity index (χ0) is 22.0. The van der Waals surface area contributed by atoms with Crippen LogP contribution < -0.4 is 9.64 Å². The summed E-state index contributed by atoms with van der Waals surface area (Å²) in [5.41, 5.74) is 3.74. The molecule has 0 spiro atoms. The average molecular weight is 421 g/mol. The Hall–Kier alpha value is -2.89. The van der Waals surface area contributed by atoms with Crippen LogP contribution in [0.1, 0.15) is 51.4 Å². The topological polar surface area (TPSA) is 60.2 Å². The van der Waals surface area contributed by atoms with E-state index in [0.29, 0.717) is 24.9 Å². The molecule has 1 amide bonds. The van der Waals surface area contributed by atoms with Crippen LogP contribution in [0.4, 0.5) is 5.69 Å². The first-order valence-electron chi connectivity index (χ1n) is 11.3. The van der Waals surface area contributed by atoms with Crippen molar-refractivity contribution in [2.75, 3.05) is 18.6 Å². The highest BCUT2D eigenvalue weighted by Crippen LogP contribution is 2.33. The van der Waals surface area contributed by atoms with Gasteiger partial charge in [-0.3, -0.25) is 4.79 Å². The molecule has 0 aliphatic heterocycles. The number of benzene rings is 1. The van der Waals surface area contributed by atoms with Gasteiger partial charge < -0.3 is 14.2 Å². The van der Waals surface area contributed by atoms with E-state index in [9.17, 15) is 4.79 Å². The summed E-state index contributed by atoms with van der Waals surface area (Å²) in [6, 6.07) is 10.2. The van der Waals surface area contributed by atoms with Gasteiger partial charge in [0.15, 0.2) is 5.65 Å². The van der Waals surface area contributed by atoms with Gasteiger partial charge in [0.1, 0.15) is 17.1 Å². The molecule has 0 radical (unpaired) electrons. The van der Waals surface area contributed by atoms with Gasteiger partial charge >= 0.3 is 0 Å². The summed E-state index contributed by atoms with van der Waals surface area (Å²) in [6.45, 7) is 7.72. The molecule has 1 aliphatic rings. The van der Waals surface area contributed by atoms with Crippen molar-refractivity contribution in [1.82, 2.24) is 14.5 Å². The number of aromatic nitrogens is 3. The fourth-order valence-corrected chi connectivity index (χ4v) is 3.80. The highest BCUT2D eigenvalue weighted by molar-refractivity contribution is 5.94. The maximum absolute atomic E-state index is 12.5. The standard InChI is InChI=1S/C25H32N4O2/c1-5-31-21-10-8-18(9-11-21)13-23-27-22-14-20(28(4)24(30)12-17(2)3)15-26-25(22)29(23)16-19-6-7-19/h8-11,14-15,17,19H,5-7,12-13,16H2,1-4H3. The summed E-state index contributed by atoms with van der Waals surface area (Å²) in [7, 11) is 1.82. The number of rotatable bonds is 9. The first kappa shape index (κ1) is 21.3. The molecule has 0 saturated heterocycles. The Labute approximate surface area is 184 Å². The largest absolute Gasteiger partial charge is 0.494 e. The maximum atomic E-state index is 12.5. The molecule has 2 heterocycles. The second kappa shape index (κ2) is 9.08. The lowest BCUT2D eigenvalue weighted by Crippen LogP contribution is -2.27. The third-order valence-electron chi connectivity index (χ3n) is 5.73. The van der Waals surface area contributed by atoms with E-state index in [4.69, 9.17) is 14.7 Å². The number of hydrogen-bond acceptors (Lipinski definition) is 4. The summed E-state index contributed by atoms with van der Waals surface area (Å²) in [5.74, 6) is 3.05. The molecule has 0 N–H and O–H groups in total. The Balaban J connectivity index is 1.63. The number of ether oxygens (including phenoxy) is 1. The van der Waals surface area contributed by atoms with E-state index in [1.54, 1.807) is 11.1 Å². The highest BCUT2D eigenvalue weighted by Gasteiger charge is 2.25. The minimum Gasteiger partial charge on any atom is -0.494 e. The van der Waals surface area contributed by atoms with E-state index in [1.165, 1.54) is 18.4 Å². The van der Waals surface area contributed by atoms with Crippen LogP contribution in [-0.4, -0.2) is 34.1 Å². The molecule has 0 atom stereocenters. The molecule has 1 fully saturated rings. The summed E-state index contributed by atoms with van der Waals surface area (Å²) in [6.07, 6.45) is 5.60. The van der Waals surface area contributed by atoms with Gasteiger partial charge in [-0.05, 0) is 55.4 Å². The first-order valence-corrected chi connectivity index (χ1v) is 11.3. The molecule has 6 nitrogen and oxygen atoms in total. The summed E-state index contributed by atoms with van der Waals surface area (Å²) in [5, 5.41) is 0. The van der Waals surface area contributed by atoms with Gasteiger partial charge in [-0.1, -0.05) is 26.0 Å². The Morgan fingerprint density at radius 2 is 2.00 bits per heavy atom. The quantitative estimate of drug-likeness (QED) is 0.497. The molecule has 164 valence electrons. The van der Waals surface area contributed by atoms with E-state index >= 15 is 0 Å². The zero-order valence-corrected chi connectivity index (χ0v) is 19.0.